The Kier molecular flexibility index (Phi) is 3.67. The van der Waals surface area contributed by atoms with E-state index in [9.17, 15) is 4.79 Å². The molecule has 0 fully saturated rings. The van der Waals surface area contributed by atoms with Crippen LogP contribution in [0.5, 0.6) is 0 Å². The molecule has 0 amide bonds. The van der Waals surface area contributed by atoms with Crippen LogP contribution >= 0.6 is 0 Å². The number of hydrogen-bond acceptors (Lipinski definition) is 3. The van der Waals surface area contributed by atoms with Crippen LogP contribution in [0, 0.1) is 6.92 Å². The maximum absolute atomic E-state index is 11.9. The number of rotatable bonds is 3. The quantitative estimate of drug-likeness (QED) is 0.693. The van der Waals surface area contributed by atoms with Crippen molar-refractivity contribution in [3.8, 4) is 0 Å². The van der Waals surface area contributed by atoms with Gasteiger partial charge in [-0.2, -0.15) is 0 Å². The van der Waals surface area contributed by atoms with Crippen molar-refractivity contribution < 1.29 is 9.53 Å². The van der Waals surface area contributed by atoms with Gasteiger partial charge in [0.25, 0.3) is 0 Å². The molecule has 0 N–H and O–H groups in total. The summed E-state index contributed by atoms with van der Waals surface area (Å²) < 4.78 is 6.61. The molecule has 4 heteroatoms. The lowest BCUT2D eigenvalue weighted by Gasteiger charge is -2.12. The van der Waals surface area contributed by atoms with Gasteiger partial charge < -0.3 is 4.74 Å². The molecule has 0 saturated heterocycles. The minimum atomic E-state index is -0.367. The first-order valence-corrected chi connectivity index (χ1v) is 7.23. The minimum Gasteiger partial charge on any atom is -0.464 e. The molecule has 0 aliphatic heterocycles. The zero-order valence-corrected chi connectivity index (χ0v) is 12.9. The van der Waals surface area contributed by atoms with Crippen LogP contribution in [0.25, 0.3) is 5.65 Å². The second kappa shape index (κ2) is 5.64. The second-order valence-corrected chi connectivity index (χ2v) is 5.36. The number of benzene rings is 1. The fraction of sp³-hybridized carbons (Fsp3) is 0.222. The van der Waals surface area contributed by atoms with E-state index in [0.29, 0.717) is 11.4 Å². The van der Waals surface area contributed by atoms with E-state index in [-0.39, 0.29) is 11.9 Å². The second-order valence-electron chi connectivity index (χ2n) is 5.36. The van der Waals surface area contributed by atoms with Crippen LogP contribution in [-0.4, -0.2) is 22.5 Å². The molecule has 0 saturated carbocycles. The maximum atomic E-state index is 11.9. The Morgan fingerprint density at radius 3 is 2.59 bits per heavy atom. The first-order chi connectivity index (χ1) is 10.6. The normalized spacial score (nSPS) is 12.3. The molecule has 3 aromatic rings. The first-order valence-electron chi connectivity index (χ1n) is 7.23. The third kappa shape index (κ3) is 2.37. The SMILES string of the molecule is COC(=O)c1c(C)nc2cc(C(C)c3ccccc3)ccn12. The first kappa shape index (κ1) is 14.3. The third-order valence-electron chi connectivity index (χ3n) is 4.00. The van der Waals surface area contributed by atoms with Crippen molar-refractivity contribution in [1.29, 1.82) is 0 Å². The van der Waals surface area contributed by atoms with E-state index in [1.54, 1.807) is 4.40 Å². The van der Waals surface area contributed by atoms with Gasteiger partial charge in [-0.3, -0.25) is 4.40 Å². The number of esters is 1. The van der Waals surface area contributed by atoms with Gasteiger partial charge in [0.05, 0.1) is 12.8 Å². The van der Waals surface area contributed by atoms with Crippen molar-refractivity contribution in [3.63, 3.8) is 0 Å². The van der Waals surface area contributed by atoms with Crippen molar-refractivity contribution in [1.82, 2.24) is 9.38 Å². The van der Waals surface area contributed by atoms with Crippen LogP contribution in [0.15, 0.2) is 48.7 Å². The number of carbonyl (C=O) groups is 1. The average molecular weight is 294 g/mol. The number of fused-ring (bicyclic) bond motifs is 1. The molecule has 1 aromatic carbocycles. The molecule has 0 spiro atoms. The summed E-state index contributed by atoms with van der Waals surface area (Å²) in [5.74, 6) is -0.0985. The number of aromatic nitrogens is 2. The zero-order chi connectivity index (χ0) is 15.7. The summed E-state index contributed by atoms with van der Waals surface area (Å²) in [5, 5.41) is 0. The smallest absolute Gasteiger partial charge is 0.356 e. The Hall–Kier alpha value is -2.62. The molecule has 1 atom stereocenters. The van der Waals surface area contributed by atoms with Gasteiger partial charge in [-0.15, -0.1) is 0 Å². The Labute approximate surface area is 129 Å². The molecule has 2 heterocycles. The summed E-state index contributed by atoms with van der Waals surface area (Å²) in [6, 6.07) is 14.4. The Morgan fingerprint density at radius 1 is 1.18 bits per heavy atom. The van der Waals surface area contributed by atoms with Gasteiger partial charge in [0.1, 0.15) is 5.65 Å². The lowest BCUT2D eigenvalue weighted by atomic mass is 9.94. The number of carbonyl (C=O) groups excluding carboxylic acids is 1. The molecular formula is C18H18N2O2. The Balaban J connectivity index is 2.06. The molecular weight excluding hydrogens is 276 g/mol. The molecule has 0 bridgehead atoms. The van der Waals surface area contributed by atoms with Crippen LogP contribution < -0.4 is 0 Å². The van der Waals surface area contributed by atoms with Crippen LogP contribution in [-0.2, 0) is 4.74 Å². The Bertz CT molecular complexity index is 822. The molecule has 112 valence electrons. The number of nitrogens with zero attached hydrogens (tertiary/aromatic N) is 2. The fourth-order valence-corrected chi connectivity index (χ4v) is 2.72. The van der Waals surface area contributed by atoms with Gasteiger partial charge in [0.2, 0.25) is 0 Å². The fourth-order valence-electron chi connectivity index (χ4n) is 2.72. The minimum absolute atomic E-state index is 0.268. The zero-order valence-electron chi connectivity index (χ0n) is 12.9. The van der Waals surface area contributed by atoms with Crippen LogP contribution in [0.3, 0.4) is 0 Å². The van der Waals surface area contributed by atoms with Crippen molar-refractivity contribution >= 4 is 11.6 Å². The van der Waals surface area contributed by atoms with Gasteiger partial charge in [0.15, 0.2) is 5.69 Å². The van der Waals surface area contributed by atoms with Gasteiger partial charge in [0, 0.05) is 12.1 Å². The highest BCUT2D eigenvalue weighted by molar-refractivity contribution is 5.89. The van der Waals surface area contributed by atoms with E-state index >= 15 is 0 Å². The van der Waals surface area contributed by atoms with E-state index in [2.05, 4.69) is 24.0 Å². The number of imidazole rings is 1. The van der Waals surface area contributed by atoms with Crippen molar-refractivity contribution in [3.05, 3.63) is 71.2 Å². The summed E-state index contributed by atoms with van der Waals surface area (Å²) in [6.07, 6.45) is 1.89. The summed E-state index contributed by atoms with van der Waals surface area (Å²) >= 11 is 0. The van der Waals surface area contributed by atoms with Crippen LogP contribution in [0.4, 0.5) is 0 Å². The van der Waals surface area contributed by atoms with Gasteiger partial charge in [-0.1, -0.05) is 37.3 Å². The molecule has 0 aliphatic carbocycles. The molecule has 0 radical (unpaired) electrons. The van der Waals surface area contributed by atoms with Crippen LogP contribution in [0.1, 0.15) is 40.2 Å². The van der Waals surface area contributed by atoms with E-state index < -0.39 is 0 Å². The van der Waals surface area contributed by atoms with Gasteiger partial charge >= 0.3 is 5.97 Å². The van der Waals surface area contributed by atoms with Crippen molar-refractivity contribution in [2.24, 2.45) is 0 Å². The summed E-state index contributed by atoms with van der Waals surface area (Å²) in [4.78, 5) is 16.3. The third-order valence-corrected chi connectivity index (χ3v) is 4.00. The highest BCUT2D eigenvalue weighted by atomic mass is 16.5. The number of pyridine rings is 1. The molecule has 0 aliphatic rings. The predicted molar refractivity (Wildman–Crippen MR) is 85.2 cm³/mol. The van der Waals surface area contributed by atoms with Gasteiger partial charge in [-0.25, -0.2) is 9.78 Å². The van der Waals surface area contributed by atoms with Crippen molar-refractivity contribution in [2.45, 2.75) is 19.8 Å². The van der Waals surface area contributed by atoms with E-state index in [0.717, 1.165) is 5.65 Å². The maximum Gasteiger partial charge on any atom is 0.356 e. The standard InChI is InChI=1S/C18H18N2O2/c1-12(14-7-5-4-6-8-14)15-9-10-20-16(11-15)19-13(2)17(20)18(21)22-3/h4-12H,1-3H3. The molecule has 2 aromatic heterocycles. The highest BCUT2D eigenvalue weighted by Crippen LogP contribution is 2.25. The largest absolute Gasteiger partial charge is 0.464 e. The average Bonchev–Trinajstić information content (AvgIpc) is 2.89. The number of aryl methyl sites for hydroxylation is 1. The topological polar surface area (TPSA) is 43.6 Å². The number of hydrogen-bond donors (Lipinski definition) is 0. The predicted octanol–water partition coefficient (Wildman–Crippen LogP) is 3.58. The molecule has 4 nitrogen and oxygen atoms in total. The van der Waals surface area contributed by atoms with Crippen molar-refractivity contribution in [2.75, 3.05) is 7.11 Å². The summed E-state index contributed by atoms with van der Waals surface area (Å²) in [6.45, 7) is 3.98. The Morgan fingerprint density at radius 2 is 1.91 bits per heavy atom. The highest BCUT2D eigenvalue weighted by Gasteiger charge is 2.18. The molecule has 1 unspecified atom stereocenters. The van der Waals surface area contributed by atoms with E-state index in [4.69, 9.17) is 4.74 Å². The lowest BCUT2D eigenvalue weighted by Crippen LogP contribution is -2.07. The molecule has 3 rings (SSSR count). The van der Waals surface area contributed by atoms with Gasteiger partial charge in [-0.05, 0) is 30.2 Å². The van der Waals surface area contributed by atoms with Crippen LogP contribution in [0.2, 0.25) is 0 Å². The van der Waals surface area contributed by atoms with E-state index in [1.165, 1.54) is 18.2 Å². The lowest BCUT2D eigenvalue weighted by molar-refractivity contribution is 0.0592. The summed E-state index contributed by atoms with van der Waals surface area (Å²) in [7, 11) is 1.38. The number of ether oxygens (including phenoxy) is 1. The molecule has 22 heavy (non-hydrogen) atoms. The van der Waals surface area contributed by atoms with E-state index in [1.807, 2.05) is 43.5 Å². The summed E-state index contributed by atoms with van der Waals surface area (Å²) in [5.41, 5.74) is 4.34. The number of methoxy groups -OCH3 is 1. The monoisotopic (exact) mass is 294 g/mol.